The van der Waals surface area contributed by atoms with Gasteiger partial charge in [-0.15, -0.1) is 0 Å². The van der Waals surface area contributed by atoms with Crippen LogP contribution in [0.1, 0.15) is 12.5 Å². The number of anilines is 2. The molecule has 0 unspecified atom stereocenters. The molecule has 0 aliphatic heterocycles. The van der Waals surface area contributed by atoms with Crippen molar-refractivity contribution < 1.29 is 18.8 Å². The van der Waals surface area contributed by atoms with Gasteiger partial charge < -0.3 is 16.0 Å². The maximum absolute atomic E-state index is 13.8. The Morgan fingerprint density at radius 3 is 2.50 bits per heavy atom. The fourth-order valence-corrected chi connectivity index (χ4v) is 2.39. The maximum atomic E-state index is 13.8. The number of rotatable bonds is 5. The normalized spacial score (nSPS) is 10.1. The van der Waals surface area contributed by atoms with Gasteiger partial charge in [0.1, 0.15) is 5.82 Å². The van der Waals surface area contributed by atoms with E-state index in [2.05, 4.69) is 16.0 Å². The number of hydrogen-bond acceptors (Lipinski definition) is 3. The number of amides is 3. The molecule has 0 aliphatic carbocycles. The van der Waals surface area contributed by atoms with Gasteiger partial charge in [0.15, 0.2) is 0 Å². The minimum atomic E-state index is -1.00. The second-order valence-electron chi connectivity index (χ2n) is 5.47. The summed E-state index contributed by atoms with van der Waals surface area (Å²) in [5, 5.41) is 7.68. The minimum Gasteiger partial charge on any atom is -0.347 e. The molecule has 3 amide bonds. The molecule has 0 atom stereocenters. The van der Waals surface area contributed by atoms with Crippen molar-refractivity contribution in [1.29, 1.82) is 0 Å². The van der Waals surface area contributed by atoms with Gasteiger partial charge in [-0.3, -0.25) is 14.4 Å². The third-order valence-corrected chi connectivity index (χ3v) is 3.56. The highest BCUT2D eigenvalue weighted by Gasteiger charge is 2.15. The summed E-state index contributed by atoms with van der Waals surface area (Å²) >= 11 is 5.87. The summed E-state index contributed by atoms with van der Waals surface area (Å²) in [6.07, 6.45) is 0.492. The molecular weight excluding hydrogens is 361 g/mol. The van der Waals surface area contributed by atoms with Crippen LogP contribution in [0, 0.1) is 5.82 Å². The SMILES string of the molecule is CC(=O)Nc1ccc(F)c(NC(=O)C(=O)NCCc2cccc(Cl)c2)c1. The van der Waals surface area contributed by atoms with Gasteiger partial charge in [0, 0.05) is 24.2 Å². The highest BCUT2D eigenvalue weighted by molar-refractivity contribution is 6.39. The quantitative estimate of drug-likeness (QED) is 0.700. The average molecular weight is 378 g/mol. The van der Waals surface area contributed by atoms with E-state index in [1.165, 1.54) is 19.1 Å². The van der Waals surface area contributed by atoms with Gasteiger partial charge in [-0.1, -0.05) is 23.7 Å². The summed E-state index contributed by atoms with van der Waals surface area (Å²) in [6.45, 7) is 1.52. The van der Waals surface area contributed by atoms with E-state index in [0.29, 0.717) is 17.1 Å². The molecule has 3 N–H and O–H groups in total. The van der Waals surface area contributed by atoms with Crippen LogP contribution in [0.25, 0.3) is 0 Å². The molecule has 0 saturated heterocycles. The van der Waals surface area contributed by atoms with Crippen molar-refractivity contribution in [2.45, 2.75) is 13.3 Å². The van der Waals surface area contributed by atoms with Crippen molar-refractivity contribution in [1.82, 2.24) is 5.32 Å². The van der Waals surface area contributed by atoms with Gasteiger partial charge >= 0.3 is 11.8 Å². The molecule has 2 rings (SSSR count). The lowest BCUT2D eigenvalue weighted by Crippen LogP contribution is -2.36. The molecule has 8 heteroatoms. The lowest BCUT2D eigenvalue weighted by Gasteiger charge is -2.09. The van der Waals surface area contributed by atoms with Crippen LogP contribution in [-0.4, -0.2) is 24.3 Å². The lowest BCUT2D eigenvalue weighted by atomic mass is 10.1. The first kappa shape index (κ1) is 19.4. The summed E-state index contributed by atoms with van der Waals surface area (Å²) in [5.74, 6) is -2.96. The van der Waals surface area contributed by atoms with E-state index in [-0.39, 0.29) is 18.1 Å². The second kappa shape index (κ2) is 8.96. The molecule has 0 spiro atoms. The first-order valence-corrected chi connectivity index (χ1v) is 8.13. The minimum absolute atomic E-state index is 0.203. The smallest absolute Gasteiger partial charge is 0.313 e. The Morgan fingerprint density at radius 1 is 1.04 bits per heavy atom. The summed E-state index contributed by atoms with van der Waals surface area (Å²) in [6, 6.07) is 10.8. The predicted octanol–water partition coefficient (Wildman–Crippen LogP) is 2.73. The van der Waals surface area contributed by atoms with E-state index in [1.54, 1.807) is 18.2 Å². The summed E-state index contributed by atoms with van der Waals surface area (Å²) < 4.78 is 13.8. The van der Waals surface area contributed by atoms with Crippen LogP contribution in [0.3, 0.4) is 0 Å². The van der Waals surface area contributed by atoms with Crippen molar-refractivity contribution in [2.24, 2.45) is 0 Å². The van der Waals surface area contributed by atoms with E-state index in [0.717, 1.165) is 11.6 Å². The molecular formula is C18H17ClFN3O3. The summed E-state index contributed by atoms with van der Waals surface area (Å²) in [5.41, 5.74) is 1.01. The zero-order chi connectivity index (χ0) is 19.1. The van der Waals surface area contributed by atoms with Gasteiger partial charge in [-0.25, -0.2) is 4.39 Å². The van der Waals surface area contributed by atoms with E-state index in [4.69, 9.17) is 11.6 Å². The Hall–Kier alpha value is -2.93. The third kappa shape index (κ3) is 5.86. The number of halogens is 2. The van der Waals surface area contributed by atoms with Gasteiger partial charge in [-0.05, 0) is 42.3 Å². The monoisotopic (exact) mass is 377 g/mol. The Bertz CT molecular complexity index is 842. The first-order valence-electron chi connectivity index (χ1n) is 7.76. The molecule has 6 nitrogen and oxygen atoms in total. The van der Waals surface area contributed by atoms with Crippen LogP contribution in [0.15, 0.2) is 42.5 Å². The molecule has 0 heterocycles. The summed E-state index contributed by atoms with van der Waals surface area (Å²) in [7, 11) is 0. The maximum Gasteiger partial charge on any atom is 0.313 e. The topological polar surface area (TPSA) is 87.3 Å². The number of benzene rings is 2. The fourth-order valence-electron chi connectivity index (χ4n) is 2.17. The second-order valence-corrected chi connectivity index (χ2v) is 5.90. The van der Waals surface area contributed by atoms with Gasteiger partial charge in [0.2, 0.25) is 5.91 Å². The molecule has 0 aromatic heterocycles. The number of nitrogens with one attached hydrogen (secondary N) is 3. The molecule has 0 aliphatic rings. The molecule has 136 valence electrons. The highest BCUT2D eigenvalue weighted by Crippen LogP contribution is 2.19. The fraction of sp³-hybridized carbons (Fsp3) is 0.167. The first-order chi connectivity index (χ1) is 12.3. The van der Waals surface area contributed by atoms with Crippen LogP contribution in [0.5, 0.6) is 0 Å². The van der Waals surface area contributed by atoms with Crippen LogP contribution >= 0.6 is 11.6 Å². The van der Waals surface area contributed by atoms with Crippen LogP contribution in [0.2, 0.25) is 5.02 Å². The Labute approximate surface area is 154 Å². The van der Waals surface area contributed by atoms with Crippen LogP contribution in [-0.2, 0) is 20.8 Å². The predicted molar refractivity (Wildman–Crippen MR) is 97.5 cm³/mol. The Balaban J connectivity index is 1.90. The van der Waals surface area contributed by atoms with Crippen molar-refractivity contribution in [3.05, 3.63) is 58.9 Å². The van der Waals surface area contributed by atoms with Crippen LogP contribution < -0.4 is 16.0 Å². The Morgan fingerprint density at radius 2 is 1.81 bits per heavy atom. The zero-order valence-corrected chi connectivity index (χ0v) is 14.7. The van der Waals surface area contributed by atoms with Gasteiger partial charge in [0.05, 0.1) is 5.69 Å². The molecule has 0 fully saturated rings. The van der Waals surface area contributed by atoms with E-state index < -0.39 is 17.6 Å². The van der Waals surface area contributed by atoms with E-state index in [1.807, 2.05) is 6.07 Å². The molecule has 2 aromatic rings. The number of hydrogen-bond donors (Lipinski definition) is 3. The molecule has 0 bridgehead atoms. The average Bonchev–Trinajstić information content (AvgIpc) is 2.57. The van der Waals surface area contributed by atoms with Crippen molar-refractivity contribution in [3.8, 4) is 0 Å². The molecule has 26 heavy (non-hydrogen) atoms. The van der Waals surface area contributed by atoms with Crippen molar-refractivity contribution in [3.63, 3.8) is 0 Å². The van der Waals surface area contributed by atoms with E-state index in [9.17, 15) is 18.8 Å². The number of carbonyl (C=O) groups is 3. The van der Waals surface area contributed by atoms with Crippen LogP contribution in [0.4, 0.5) is 15.8 Å². The standard InChI is InChI=1S/C18H17ClFN3O3/c1-11(24)22-14-5-6-15(20)16(10-14)23-18(26)17(25)21-8-7-12-3-2-4-13(19)9-12/h2-6,9-10H,7-8H2,1H3,(H,21,25)(H,22,24)(H,23,26). The largest absolute Gasteiger partial charge is 0.347 e. The molecule has 0 radical (unpaired) electrons. The number of carbonyl (C=O) groups excluding carboxylic acids is 3. The summed E-state index contributed by atoms with van der Waals surface area (Å²) in [4.78, 5) is 34.8. The van der Waals surface area contributed by atoms with E-state index >= 15 is 0 Å². The van der Waals surface area contributed by atoms with Crippen molar-refractivity contribution in [2.75, 3.05) is 17.2 Å². The lowest BCUT2D eigenvalue weighted by molar-refractivity contribution is -0.136. The molecule has 0 saturated carbocycles. The van der Waals surface area contributed by atoms with Gasteiger partial charge in [0.25, 0.3) is 0 Å². The van der Waals surface area contributed by atoms with Crippen molar-refractivity contribution >= 4 is 40.7 Å². The molecule has 2 aromatic carbocycles. The Kier molecular flexibility index (Phi) is 6.68. The highest BCUT2D eigenvalue weighted by atomic mass is 35.5. The third-order valence-electron chi connectivity index (χ3n) is 3.33. The van der Waals surface area contributed by atoms with Gasteiger partial charge in [-0.2, -0.15) is 0 Å². The zero-order valence-electron chi connectivity index (χ0n) is 13.9.